The highest BCUT2D eigenvalue weighted by atomic mass is 16.6. The summed E-state index contributed by atoms with van der Waals surface area (Å²) in [7, 11) is 6.17. The summed E-state index contributed by atoms with van der Waals surface area (Å²) < 4.78 is 11.9. The summed E-state index contributed by atoms with van der Waals surface area (Å²) in [6.45, 7) is 5.61. The molecule has 0 aliphatic rings. The molecule has 8 nitrogen and oxygen atoms in total. The lowest BCUT2D eigenvalue weighted by molar-refractivity contribution is -0.873. The number of carboxylic acids is 1. The maximum atomic E-state index is 12.5. The van der Waals surface area contributed by atoms with Crippen molar-refractivity contribution >= 4 is 17.9 Å². The minimum atomic E-state index is -1.19. The Morgan fingerprint density at radius 3 is 1.51 bits per heavy atom. The van der Waals surface area contributed by atoms with E-state index in [1.165, 1.54) is 140 Å². The number of likely N-dealkylation sites (N-methyl/N-ethyl adjacent to an activating group) is 1. The summed E-state index contributed by atoms with van der Waals surface area (Å²) in [5.74, 6) is -1.62. The molecule has 0 fully saturated rings. The Labute approximate surface area is 300 Å². The quantitative estimate of drug-likeness (QED) is 0.0434. The van der Waals surface area contributed by atoms with Gasteiger partial charge < -0.3 is 23.9 Å². The smallest absolute Gasteiger partial charge is 0.309 e. The van der Waals surface area contributed by atoms with Gasteiger partial charge in [0.2, 0.25) is 0 Å². The van der Waals surface area contributed by atoms with Gasteiger partial charge in [-0.25, -0.2) is 0 Å². The van der Waals surface area contributed by atoms with Crippen molar-refractivity contribution in [3.8, 4) is 0 Å². The second-order valence-corrected chi connectivity index (χ2v) is 14.7. The summed E-state index contributed by atoms with van der Waals surface area (Å²) >= 11 is 0. The van der Waals surface area contributed by atoms with E-state index in [1.54, 1.807) is 6.07 Å². The number of ether oxygens (including phenoxy) is 2. The maximum absolute atomic E-state index is 12.5. The standard InChI is InChI=1S/C35H70NO4.C6H5NO2/c1-6-8-10-12-14-16-18-19-21-23-25-27-29-34(37)40-33(32-36(3,4)5)31-35(38)39-30-28-26-24-22-20-17-15-13-11-9-7-2;8-6(9)5-2-1-3-7-4-5/h33H,6-32H2,1-5H3;1-4H,(H,8,9)/q+1;/p-1/t33-;/m1./s1. The van der Waals surface area contributed by atoms with Crippen molar-refractivity contribution < 1.29 is 33.4 Å². The number of carbonyl (C=O) groups is 3. The van der Waals surface area contributed by atoms with Gasteiger partial charge in [-0.3, -0.25) is 14.6 Å². The van der Waals surface area contributed by atoms with Crippen LogP contribution in [0.15, 0.2) is 24.5 Å². The van der Waals surface area contributed by atoms with Crippen LogP contribution >= 0.6 is 0 Å². The fourth-order valence-electron chi connectivity index (χ4n) is 5.79. The molecular formula is C41H74N2O6. The summed E-state index contributed by atoms with van der Waals surface area (Å²) in [5.41, 5.74) is 0.109. The predicted octanol–water partition coefficient (Wildman–Crippen LogP) is 9.39. The zero-order valence-electron chi connectivity index (χ0n) is 32.3. The Morgan fingerprint density at radius 2 is 1.12 bits per heavy atom. The van der Waals surface area contributed by atoms with Crippen molar-refractivity contribution in [2.24, 2.45) is 0 Å². The third kappa shape index (κ3) is 33.8. The van der Waals surface area contributed by atoms with Gasteiger partial charge in [0.05, 0.1) is 40.1 Å². The molecule has 1 atom stereocenters. The van der Waals surface area contributed by atoms with Crippen LogP contribution in [-0.4, -0.2) is 67.8 Å². The second-order valence-electron chi connectivity index (χ2n) is 14.7. The monoisotopic (exact) mass is 691 g/mol. The molecule has 0 amide bonds. The number of hydrogen-bond acceptors (Lipinski definition) is 7. The molecule has 0 N–H and O–H groups in total. The van der Waals surface area contributed by atoms with Crippen LogP contribution in [0.1, 0.15) is 185 Å². The highest BCUT2D eigenvalue weighted by Crippen LogP contribution is 2.15. The Morgan fingerprint density at radius 1 is 0.673 bits per heavy atom. The molecule has 0 unspecified atom stereocenters. The lowest BCUT2D eigenvalue weighted by atomic mass is 10.0. The highest BCUT2D eigenvalue weighted by Gasteiger charge is 2.25. The van der Waals surface area contributed by atoms with Crippen LogP contribution in [0.2, 0.25) is 0 Å². The van der Waals surface area contributed by atoms with Crippen LogP contribution in [0.4, 0.5) is 0 Å². The summed E-state index contributed by atoms with van der Waals surface area (Å²) in [5, 5.41) is 10.0. The number of pyridine rings is 1. The number of carbonyl (C=O) groups excluding carboxylic acids is 3. The molecule has 0 radical (unpaired) electrons. The van der Waals surface area contributed by atoms with Gasteiger partial charge in [0, 0.05) is 24.4 Å². The van der Waals surface area contributed by atoms with Crippen molar-refractivity contribution in [1.29, 1.82) is 0 Å². The summed E-state index contributed by atoms with van der Waals surface area (Å²) in [6, 6.07) is 2.98. The Balaban J connectivity index is 0.00000219. The van der Waals surface area contributed by atoms with E-state index in [4.69, 9.17) is 9.47 Å². The third-order valence-corrected chi connectivity index (χ3v) is 8.59. The molecule has 0 aliphatic heterocycles. The zero-order chi connectivity index (χ0) is 36.4. The molecule has 1 aromatic rings. The topological polar surface area (TPSA) is 106 Å². The molecule has 0 aromatic carbocycles. The van der Waals surface area contributed by atoms with Gasteiger partial charge in [-0.1, -0.05) is 155 Å². The Bertz CT molecular complexity index is 876. The van der Waals surface area contributed by atoms with Gasteiger partial charge in [0.1, 0.15) is 6.54 Å². The number of unbranched alkanes of at least 4 members (excludes halogenated alkanes) is 21. The molecule has 0 bridgehead atoms. The summed E-state index contributed by atoms with van der Waals surface area (Å²) in [6.07, 6.45) is 32.2. The second kappa shape index (κ2) is 32.7. The molecule has 1 heterocycles. The molecule has 0 spiro atoms. The first kappa shape index (κ1) is 46.5. The number of quaternary nitrogens is 1. The van der Waals surface area contributed by atoms with Crippen LogP contribution in [0.25, 0.3) is 0 Å². The van der Waals surface area contributed by atoms with Crippen LogP contribution < -0.4 is 5.11 Å². The first-order valence-corrected chi connectivity index (χ1v) is 19.9. The van der Waals surface area contributed by atoms with Crippen LogP contribution in [0.5, 0.6) is 0 Å². The molecule has 8 heteroatoms. The number of nitrogens with zero attached hydrogens (tertiary/aromatic N) is 2. The van der Waals surface area contributed by atoms with Gasteiger partial charge in [-0.2, -0.15) is 0 Å². The number of rotatable bonds is 31. The zero-order valence-corrected chi connectivity index (χ0v) is 32.3. The summed E-state index contributed by atoms with van der Waals surface area (Å²) in [4.78, 5) is 38.6. The number of aromatic carboxylic acids is 1. The predicted molar refractivity (Wildman–Crippen MR) is 199 cm³/mol. The fourth-order valence-corrected chi connectivity index (χ4v) is 5.79. The van der Waals surface area contributed by atoms with E-state index in [1.807, 2.05) is 0 Å². The lowest BCUT2D eigenvalue weighted by Crippen LogP contribution is -2.44. The first-order valence-electron chi connectivity index (χ1n) is 19.9. The van der Waals surface area contributed by atoms with Gasteiger partial charge in [-0.15, -0.1) is 0 Å². The first-order chi connectivity index (χ1) is 23.6. The van der Waals surface area contributed by atoms with Gasteiger partial charge in [0.15, 0.2) is 6.10 Å². The third-order valence-electron chi connectivity index (χ3n) is 8.59. The average Bonchev–Trinajstić information content (AvgIpc) is 3.05. The van der Waals surface area contributed by atoms with E-state index in [0.717, 1.165) is 25.7 Å². The molecular weight excluding hydrogens is 616 g/mol. The number of aromatic nitrogens is 1. The molecule has 1 aromatic heterocycles. The SMILES string of the molecule is CCCCCCCCCCCCCCC(=O)O[C@H](CC(=O)OCCCCCCCCCCCCC)C[N+](C)(C)C.O=C([O-])c1cccnc1. The van der Waals surface area contributed by atoms with Crippen molar-refractivity contribution in [2.75, 3.05) is 34.3 Å². The van der Waals surface area contributed by atoms with Gasteiger partial charge in [-0.05, 0) is 18.9 Å². The highest BCUT2D eigenvalue weighted by molar-refractivity contribution is 5.85. The lowest BCUT2D eigenvalue weighted by Gasteiger charge is -2.28. The van der Waals surface area contributed by atoms with Crippen molar-refractivity contribution in [3.63, 3.8) is 0 Å². The normalized spacial score (nSPS) is 11.8. The fraction of sp³-hybridized carbons (Fsp3) is 0.805. The van der Waals surface area contributed by atoms with E-state index < -0.39 is 12.1 Å². The van der Waals surface area contributed by atoms with Gasteiger partial charge in [0.25, 0.3) is 0 Å². The number of carboxylic acid groups (broad SMARTS) is 1. The minimum Gasteiger partial charge on any atom is -0.545 e. The number of hydrogen-bond donors (Lipinski definition) is 0. The van der Waals surface area contributed by atoms with E-state index in [-0.39, 0.29) is 23.9 Å². The maximum Gasteiger partial charge on any atom is 0.309 e. The van der Waals surface area contributed by atoms with Crippen LogP contribution in [0.3, 0.4) is 0 Å². The van der Waals surface area contributed by atoms with Crippen LogP contribution in [-0.2, 0) is 19.1 Å². The molecule has 49 heavy (non-hydrogen) atoms. The minimum absolute atomic E-state index is 0.109. The van der Waals surface area contributed by atoms with Crippen LogP contribution in [0, 0.1) is 0 Å². The number of esters is 2. The molecule has 1 rings (SSSR count). The van der Waals surface area contributed by atoms with Crippen molar-refractivity contribution in [1.82, 2.24) is 4.98 Å². The van der Waals surface area contributed by atoms with E-state index in [2.05, 4.69) is 40.0 Å². The Kier molecular flexibility index (Phi) is 31.1. The molecule has 0 aliphatic carbocycles. The Hall–Kier alpha value is -2.48. The van der Waals surface area contributed by atoms with E-state index in [9.17, 15) is 19.5 Å². The van der Waals surface area contributed by atoms with Crippen molar-refractivity contribution in [3.05, 3.63) is 30.1 Å². The molecule has 284 valence electrons. The molecule has 0 saturated heterocycles. The van der Waals surface area contributed by atoms with E-state index >= 15 is 0 Å². The van der Waals surface area contributed by atoms with Crippen molar-refractivity contribution in [2.45, 2.75) is 180 Å². The van der Waals surface area contributed by atoms with E-state index in [0.29, 0.717) is 24.1 Å². The largest absolute Gasteiger partial charge is 0.545 e. The average molecular weight is 691 g/mol. The van der Waals surface area contributed by atoms with Gasteiger partial charge >= 0.3 is 11.9 Å². The molecule has 0 saturated carbocycles.